The first-order valence-corrected chi connectivity index (χ1v) is 7.21. The Kier molecular flexibility index (Phi) is 6.13. The maximum absolute atomic E-state index is 12.0. The van der Waals surface area contributed by atoms with Gasteiger partial charge in [0.1, 0.15) is 23.6 Å². The van der Waals surface area contributed by atoms with Crippen LogP contribution in [-0.2, 0) is 4.74 Å². The smallest absolute Gasteiger partial charge is 0.270 e. The third kappa shape index (κ3) is 4.80. The van der Waals surface area contributed by atoms with Crippen LogP contribution in [0, 0.1) is 0 Å². The maximum atomic E-state index is 12.0. The van der Waals surface area contributed by atoms with Crippen LogP contribution >= 0.6 is 11.6 Å². The fourth-order valence-corrected chi connectivity index (χ4v) is 1.99. The lowest BCUT2D eigenvalue weighted by Gasteiger charge is -2.11. The molecule has 0 saturated carbocycles. The van der Waals surface area contributed by atoms with Gasteiger partial charge in [-0.05, 0) is 18.2 Å². The van der Waals surface area contributed by atoms with E-state index < -0.39 is 0 Å². The van der Waals surface area contributed by atoms with E-state index in [1.54, 1.807) is 38.5 Å². The van der Waals surface area contributed by atoms with Gasteiger partial charge in [-0.15, -0.1) is 0 Å². The van der Waals surface area contributed by atoms with Gasteiger partial charge in [0, 0.05) is 24.7 Å². The Balaban J connectivity index is 2.14. The fraction of sp³-hybridized carbons (Fsp3) is 0.267. The monoisotopic (exact) mass is 336 g/mol. The fourth-order valence-electron chi connectivity index (χ4n) is 1.82. The number of anilines is 2. The predicted octanol–water partition coefficient (Wildman–Crippen LogP) is 2.26. The van der Waals surface area contributed by atoms with Crippen molar-refractivity contribution in [1.82, 2.24) is 15.3 Å². The van der Waals surface area contributed by atoms with Crippen molar-refractivity contribution < 1.29 is 14.3 Å². The first-order valence-electron chi connectivity index (χ1n) is 6.83. The highest BCUT2D eigenvalue weighted by Gasteiger charge is 2.10. The van der Waals surface area contributed by atoms with Crippen molar-refractivity contribution in [2.45, 2.75) is 0 Å². The molecule has 1 aromatic heterocycles. The van der Waals surface area contributed by atoms with Crippen LogP contribution < -0.4 is 15.4 Å². The van der Waals surface area contributed by atoms with Crippen LogP contribution in [0.5, 0.6) is 5.75 Å². The molecule has 2 rings (SSSR count). The Hall–Kier alpha value is -2.38. The van der Waals surface area contributed by atoms with Crippen LogP contribution in [-0.4, -0.2) is 43.2 Å². The van der Waals surface area contributed by atoms with Crippen molar-refractivity contribution in [3.8, 4) is 5.75 Å². The van der Waals surface area contributed by atoms with Crippen LogP contribution in [0.2, 0.25) is 5.02 Å². The van der Waals surface area contributed by atoms with E-state index in [9.17, 15) is 4.79 Å². The van der Waals surface area contributed by atoms with Gasteiger partial charge >= 0.3 is 0 Å². The summed E-state index contributed by atoms with van der Waals surface area (Å²) in [4.78, 5) is 20.0. The van der Waals surface area contributed by atoms with Crippen LogP contribution in [0.4, 0.5) is 11.5 Å². The molecular weight excluding hydrogens is 320 g/mol. The second kappa shape index (κ2) is 8.30. The minimum absolute atomic E-state index is 0.250. The zero-order valence-electron chi connectivity index (χ0n) is 12.8. The molecule has 122 valence electrons. The summed E-state index contributed by atoms with van der Waals surface area (Å²) < 4.78 is 10.1. The molecule has 0 unspecified atom stereocenters. The van der Waals surface area contributed by atoms with Crippen LogP contribution in [0.15, 0.2) is 30.6 Å². The Bertz CT molecular complexity index is 682. The molecule has 8 heteroatoms. The Morgan fingerprint density at radius 3 is 2.83 bits per heavy atom. The molecule has 0 radical (unpaired) electrons. The summed E-state index contributed by atoms with van der Waals surface area (Å²) in [6.45, 7) is 0.839. The number of nitrogens with zero attached hydrogens (tertiary/aromatic N) is 2. The molecule has 2 N–H and O–H groups in total. The number of carbonyl (C=O) groups excluding carboxylic acids is 1. The van der Waals surface area contributed by atoms with E-state index in [0.29, 0.717) is 35.4 Å². The van der Waals surface area contributed by atoms with E-state index in [-0.39, 0.29) is 11.6 Å². The molecule has 0 aliphatic rings. The van der Waals surface area contributed by atoms with Gasteiger partial charge in [-0.2, -0.15) is 0 Å². The number of carbonyl (C=O) groups is 1. The van der Waals surface area contributed by atoms with E-state index >= 15 is 0 Å². The van der Waals surface area contributed by atoms with Crippen LogP contribution in [0.3, 0.4) is 0 Å². The number of aromatic nitrogens is 2. The molecule has 0 aliphatic carbocycles. The average Bonchev–Trinajstić information content (AvgIpc) is 2.55. The number of amides is 1. The van der Waals surface area contributed by atoms with Gasteiger partial charge in [0.25, 0.3) is 5.91 Å². The SMILES string of the molecule is COCCNC(=O)c1cc(Nc2cc(Cl)ccc2OC)ncn1. The number of benzene rings is 1. The normalized spacial score (nSPS) is 10.2. The number of hydrogen-bond acceptors (Lipinski definition) is 6. The highest BCUT2D eigenvalue weighted by atomic mass is 35.5. The van der Waals surface area contributed by atoms with Crippen LogP contribution in [0.25, 0.3) is 0 Å². The quantitative estimate of drug-likeness (QED) is 0.754. The van der Waals surface area contributed by atoms with E-state index in [2.05, 4.69) is 20.6 Å². The lowest BCUT2D eigenvalue weighted by Crippen LogP contribution is -2.27. The zero-order valence-corrected chi connectivity index (χ0v) is 13.6. The largest absolute Gasteiger partial charge is 0.495 e. The summed E-state index contributed by atoms with van der Waals surface area (Å²) >= 11 is 5.99. The number of nitrogens with one attached hydrogen (secondary N) is 2. The van der Waals surface area contributed by atoms with Gasteiger partial charge < -0.3 is 20.1 Å². The summed E-state index contributed by atoms with van der Waals surface area (Å²) in [5, 5.41) is 6.31. The molecule has 23 heavy (non-hydrogen) atoms. The lowest BCUT2D eigenvalue weighted by atomic mass is 10.3. The summed E-state index contributed by atoms with van der Waals surface area (Å²) in [5.41, 5.74) is 0.893. The van der Waals surface area contributed by atoms with Crippen molar-refractivity contribution in [2.24, 2.45) is 0 Å². The number of ether oxygens (including phenoxy) is 2. The molecule has 0 fully saturated rings. The standard InChI is InChI=1S/C15H17ClN4O3/c1-22-6-5-17-15(21)12-8-14(19-9-18-12)20-11-7-10(16)3-4-13(11)23-2/h3-4,7-9H,5-6H2,1-2H3,(H,17,21)(H,18,19,20). The summed E-state index contributed by atoms with van der Waals surface area (Å²) in [6.07, 6.45) is 1.31. The Morgan fingerprint density at radius 2 is 2.09 bits per heavy atom. The number of rotatable bonds is 7. The minimum atomic E-state index is -0.300. The summed E-state index contributed by atoms with van der Waals surface area (Å²) in [5.74, 6) is 0.766. The highest BCUT2D eigenvalue weighted by Crippen LogP contribution is 2.29. The Labute approximate surface area is 139 Å². The molecule has 2 aromatic rings. The second-order valence-electron chi connectivity index (χ2n) is 4.51. The van der Waals surface area contributed by atoms with Crippen molar-refractivity contribution in [3.63, 3.8) is 0 Å². The van der Waals surface area contributed by atoms with Crippen molar-refractivity contribution in [2.75, 3.05) is 32.7 Å². The Morgan fingerprint density at radius 1 is 1.26 bits per heavy atom. The van der Waals surface area contributed by atoms with Gasteiger partial charge in [-0.3, -0.25) is 4.79 Å². The summed E-state index contributed by atoms with van der Waals surface area (Å²) in [7, 11) is 3.13. The molecule has 7 nitrogen and oxygen atoms in total. The zero-order chi connectivity index (χ0) is 16.7. The molecule has 1 amide bonds. The summed E-state index contributed by atoms with van der Waals surface area (Å²) in [6, 6.07) is 6.72. The second-order valence-corrected chi connectivity index (χ2v) is 4.94. The van der Waals surface area contributed by atoms with Gasteiger partial charge in [0.15, 0.2) is 0 Å². The molecule has 0 atom stereocenters. The minimum Gasteiger partial charge on any atom is -0.495 e. The molecule has 1 aromatic carbocycles. The molecule has 0 bridgehead atoms. The first-order chi connectivity index (χ1) is 11.1. The maximum Gasteiger partial charge on any atom is 0.270 e. The molecule has 0 saturated heterocycles. The molecular formula is C15H17ClN4O3. The topological polar surface area (TPSA) is 85.4 Å². The van der Waals surface area contributed by atoms with Gasteiger partial charge in [-0.25, -0.2) is 9.97 Å². The van der Waals surface area contributed by atoms with Crippen LogP contribution in [0.1, 0.15) is 10.5 Å². The van der Waals surface area contributed by atoms with E-state index in [4.69, 9.17) is 21.1 Å². The van der Waals surface area contributed by atoms with E-state index in [1.165, 1.54) is 6.33 Å². The van der Waals surface area contributed by atoms with Crippen molar-refractivity contribution in [1.29, 1.82) is 0 Å². The van der Waals surface area contributed by atoms with E-state index in [0.717, 1.165) is 0 Å². The highest BCUT2D eigenvalue weighted by molar-refractivity contribution is 6.31. The molecule has 0 spiro atoms. The predicted molar refractivity (Wildman–Crippen MR) is 87.5 cm³/mol. The average molecular weight is 337 g/mol. The molecule has 0 aliphatic heterocycles. The van der Waals surface area contributed by atoms with Gasteiger partial charge in [-0.1, -0.05) is 11.6 Å². The van der Waals surface area contributed by atoms with Crippen molar-refractivity contribution >= 4 is 29.0 Å². The molecule has 1 heterocycles. The van der Waals surface area contributed by atoms with Gasteiger partial charge in [0.05, 0.1) is 19.4 Å². The third-order valence-electron chi connectivity index (χ3n) is 2.92. The third-order valence-corrected chi connectivity index (χ3v) is 3.15. The first kappa shape index (κ1) is 17.0. The van der Waals surface area contributed by atoms with Gasteiger partial charge in [0.2, 0.25) is 0 Å². The number of halogens is 1. The van der Waals surface area contributed by atoms with E-state index in [1.807, 2.05) is 0 Å². The number of hydrogen-bond donors (Lipinski definition) is 2. The van der Waals surface area contributed by atoms with Crippen molar-refractivity contribution in [3.05, 3.63) is 41.3 Å². The lowest BCUT2D eigenvalue weighted by molar-refractivity contribution is 0.0932. The number of methoxy groups -OCH3 is 2.